The second kappa shape index (κ2) is 12.4. The molecule has 0 aliphatic heterocycles. The number of aliphatic hydroxyl groups is 1. The van der Waals surface area contributed by atoms with Crippen LogP contribution >= 0.6 is 8.03 Å². The minimum atomic E-state index is -2.45. The van der Waals surface area contributed by atoms with Crippen LogP contribution in [0.5, 0.6) is 0 Å². The first-order valence-electron chi connectivity index (χ1n) is 7.33. The van der Waals surface area contributed by atoms with E-state index in [-0.39, 0.29) is 18.5 Å². The Morgan fingerprint density at radius 1 is 1.23 bits per heavy atom. The highest BCUT2D eigenvalue weighted by molar-refractivity contribution is 7.37. The number of aliphatic hydroxyl groups excluding tert-OH is 1. The summed E-state index contributed by atoms with van der Waals surface area (Å²) < 4.78 is 19.8. The van der Waals surface area contributed by atoms with E-state index >= 15 is 0 Å². The number of carbonyl (C=O) groups excluding carboxylic acids is 2. The lowest BCUT2D eigenvalue weighted by Crippen LogP contribution is -2.35. The van der Waals surface area contributed by atoms with E-state index in [4.69, 9.17) is 4.89 Å². The predicted octanol–water partition coefficient (Wildman–Crippen LogP) is 1.61. The topological polar surface area (TPSA) is 122 Å². The molecular formula is C13H26NO7P. The maximum atomic E-state index is 11.3. The molecule has 0 spiro atoms. The van der Waals surface area contributed by atoms with Crippen molar-refractivity contribution in [1.29, 1.82) is 0 Å². The zero-order valence-electron chi connectivity index (χ0n) is 13.0. The van der Waals surface area contributed by atoms with Crippen molar-refractivity contribution in [3.63, 3.8) is 0 Å². The molecule has 0 fully saturated rings. The summed E-state index contributed by atoms with van der Waals surface area (Å²) in [5, 5.41) is 11.8. The number of esters is 1. The number of carbonyl (C=O) groups is 2. The van der Waals surface area contributed by atoms with Crippen molar-refractivity contribution in [3.05, 3.63) is 0 Å². The van der Waals surface area contributed by atoms with Crippen LogP contribution in [0.25, 0.3) is 0 Å². The van der Waals surface area contributed by atoms with Crippen molar-refractivity contribution in [2.24, 2.45) is 5.92 Å². The van der Waals surface area contributed by atoms with Crippen LogP contribution in [-0.2, 0) is 18.8 Å². The molecule has 9 heteroatoms. The van der Waals surface area contributed by atoms with E-state index in [1.54, 1.807) is 0 Å². The highest BCUT2D eigenvalue weighted by Crippen LogP contribution is 2.20. The van der Waals surface area contributed by atoms with Crippen molar-refractivity contribution < 1.29 is 33.6 Å². The van der Waals surface area contributed by atoms with Crippen LogP contribution in [0, 0.1) is 5.92 Å². The molecule has 0 heterocycles. The van der Waals surface area contributed by atoms with Gasteiger partial charge in [0.1, 0.15) is 6.23 Å². The molecule has 22 heavy (non-hydrogen) atoms. The number of alkyl carbamates (subject to hydrolysis) is 1. The van der Waals surface area contributed by atoms with Crippen LogP contribution in [0.4, 0.5) is 4.79 Å². The van der Waals surface area contributed by atoms with E-state index in [0.29, 0.717) is 25.7 Å². The SMILES string of the molecule is CCCC(=O)OCOC(=O)NC(O)CCC(C)CC[PH](=O)O. The van der Waals surface area contributed by atoms with Gasteiger partial charge in [0.05, 0.1) is 0 Å². The molecule has 0 rings (SSSR count). The normalized spacial score (nSPS) is 14.7. The first-order valence-corrected chi connectivity index (χ1v) is 8.90. The van der Waals surface area contributed by atoms with Gasteiger partial charge in [-0.1, -0.05) is 13.8 Å². The lowest BCUT2D eigenvalue weighted by Gasteiger charge is -2.15. The standard InChI is InChI=1S/C13H26NO7P/c1-3-4-12(16)20-9-21-13(17)14-11(15)6-5-10(2)7-8-22(18)19/h10-11,15,22H,3-9H2,1-2H3,(H,14,17)(H,18,19). The van der Waals surface area contributed by atoms with Crippen LogP contribution in [0.3, 0.4) is 0 Å². The van der Waals surface area contributed by atoms with Crippen LogP contribution in [0.2, 0.25) is 0 Å². The summed E-state index contributed by atoms with van der Waals surface area (Å²) in [4.78, 5) is 31.1. The third kappa shape index (κ3) is 12.6. The molecule has 3 N–H and O–H groups in total. The molecule has 0 aliphatic rings. The molecule has 1 amide bonds. The summed E-state index contributed by atoms with van der Waals surface area (Å²) in [6.07, 6.45) is 0.718. The molecule has 0 aliphatic carbocycles. The summed E-state index contributed by atoms with van der Waals surface area (Å²) in [5.74, 6) is -0.281. The maximum Gasteiger partial charge on any atom is 0.412 e. The molecule has 0 aromatic carbocycles. The Morgan fingerprint density at radius 2 is 1.91 bits per heavy atom. The third-order valence-electron chi connectivity index (χ3n) is 2.93. The van der Waals surface area contributed by atoms with E-state index in [1.807, 2.05) is 13.8 Å². The zero-order valence-corrected chi connectivity index (χ0v) is 14.0. The van der Waals surface area contributed by atoms with Gasteiger partial charge in [0.2, 0.25) is 6.79 Å². The first kappa shape index (κ1) is 20.9. The molecule has 0 saturated heterocycles. The lowest BCUT2D eigenvalue weighted by atomic mass is 10.0. The van der Waals surface area contributed by atoms with Gasteiger partial charge in [0.15, 0.2) is 8.03 Å². The third-order valence-corrected chi connectivity index (χ3v) is 3.65. The van der Waals surface area contributed by atoms with Crippen LogP contribution in [0.15, 0.2) is 0 Å². The largest absolute Gasteiger partial charge is 0.428 e. The fourth-order valence-corrected chi connectivity index (χ4v) is 2.37. The smallest absolute Gasteiger partial charge is 0.412 e. The van der Waals surface area contributed by atoms with E-state index in [9.17, 15) is 19.3 Å². The lowest BCUT2D eigenvalue weighted by molar-refractivity contribution is -0.151. The second-order valence-electron chi connectivity index (χ2n) is 5.09. The van der Waals surface area contributed by atoms with Gasteiger partial charge in [0, 0.05) is 12.6 Å². The van der Waals surface area contributed by atoms with E-state index in [1.165, 1.54) is 0 Å². The maximum absolute atomic E-state index is 11.3. The Kier molecular flexibility index (Phi) is 11.8. The average Bonchev–Trinajstić information content (AvgIpc) is 2.43. The molecule has 8 nitrogen and oxygen atoms in total. The fourth-order valence-electron chi connectivity index (χ4n) is 1.63. The highest BCUT2D eigenvalue weighted by Gasteiger charge is 2.13. The monoisotopic (exact) mass is 339 g/mol. The van der Waals surface area contributed by atoms with Gasteiger partial charge in [-0.25, -0.2) is 4.79 Å². The Labute approximate surface area is 131 Å². The molecule has 130 valence electrons. The van der Waals surface area contributed by atoms with Crippen molar-refractivity contribution in [3.8, 4) is 0 Å². The Morgan fingerprint density at radius 3 is 2.50 bits per heavy atom. The molecule has 0 bridgehead atoms. The van der Waals surface area contributed by atoms with Crippen molar-refractivity contribution in [1.82, 2.24) is 5.32 Å². The van der Waals surface area contributed by atoms with Gasteiger partial charge in [-0.05, 0) is 31.6 Å². The van der Waals surface area contributed by atoms with Gasteiger partial charge in [-0.15, -0.1) is 0 Å². The predicted molar refractivity (Wildman–Crippen MR) is 80.6 cm³/mol. The second-order valence-corrected chi connectivity index (χ2v) is 6.38. The molecule has 0 aromatic rings. The van der Waals surface area contributed by atoms with Gasteiger partial charge in [0.25, 0.3) is 0 Å². The minimum Gasteiger partial charge on any atom is -0.428 e. The van der Waals surface area contributed by atoms with Crippen molar-refractivity contribution in [2.45, 2.75) is 52.2 Å². The first-order chi connectivity index (χ1) is 10.3. The summed E-state index contributed by atoms with van der Waals surface area (Å²) in [6, 6.07) is 0. The molecule has 0 saturated carbocycles. The fraction of sp³-hybridized carbons (Fsp3) is 0.846. The average molecular weight is 339 g/mol. The highest BCUT2D eigenvalue weighted by atomic mass is 31.1. The molecule has 3 atom stereocenters. The van der Waals surface area contributed by atoms with Gasteiger partial charge < -0.3 is 19.5 Å². The Bertz CT molecular complexity index is 364. The minimum absolute atomic E-state index is 0.170. The van der Waals surface area contributed by atoms with Crippen LogP contribution < -0.4 is 5.32 Å². The summed E-state index contributed by atoms with van der Waals surface area (Å²) >= 11 is 0. The number of ether oxygens (including phenoxy) is 2. The van der Waals surface area contributed by atoms with Crippen LogP contribution in [-0.4, -0.2) is 41.2 Å². The molecule has 0 radical (unpaired) electrons. The van der Waals surface area contributed by atoms with Gasteiger partial charge >= 0.3 is 12.1 Å². The van der Waals surface area contributed by atoms with Crippen molar-refractivity contribution in [2.75, 3.05) is 13.0 Å². The van der Waals surface area contributed by atoms with Crippen molar-refractivity contribution >= 4 is 20.1 Å². The summed E-state index contributed by atoms with van der Waals surface area (Å²) in [6.45, 7) is 3.24. The van der Waals surface area contributed by atoms with E-state index < -0.39 is 33.1 Å². The van der Waals surface area contributed by atoms with E-state index in [0.717, 1.165) is 0 Å². The molecule has 0 aromatic heterocycles. The van der Waals surface area contributed by atoms with Gasteiger partial charge in [-0.3, -0.25) is 14.7 Å². The summed E-state index contributed by atoms with van der Waals surface area (Å²) in [7, 11) is -2.45. The number of amides is 1. The quantitative estimate of drug-likeness (QED) is 0.297. The Hall–Kier alpha value is -1.11. The number of hydrogen-bond donors (Lipinski definition) is 3. The van der Waals surface area contributed by atoms with E-state index in [2.05, 4.69) is 14.8 Å². The van der Waals surface area contributed by atoms with Crippen LogP contribution in [0.1, 0.15) is 46.0 Å². The number of nitrogens with one attached hydrogen (secondary N) is 1. The zero-order chi connectivity index (χ0) is 17.0. The molecule has 3 unspecified atom stereocenters. The number of rotatable bonds is 11. The number of hydrogen-bond acceptors (Lipinski definition) is 6. The van der Waals surface area contributed by atoms with Gasteiger partial charge in [-0.2, -0.15) is 0 Å². The molecular weight excluding hydrogens is 313 g/mol. The Balaban J connectivity index is 3.73. The summed E-state index contributed by atoms with van der Waals surface area (Å²) in [5.41, 5.74) is 0.